The molecule has 0 heterocycles. The molecule has 2 amide bonds. The normalized spacial score (nSPS) is 13.7. The summed E-state index contributed by atoms with van der Waals surface area (Å²) in [7, 11) is 1.75. The highest BCUT2D eigenvalue weighted by atomic mass is 31.2. The summed E-state index contributed by atoms with van der Waals surface area (Å²) >= 11 is 0. The van der Waals surface area contributed by atoms with Crippen LogP contribution in [0.4, 0.5) is 0 Å². The summed E-state index contributed by atoms with van der Waals surface area (Å²) < 4.78 is 18.4. The topological polar surface area (TPSA) is 108 Å². The van der Waals surface area contributed by atoms with Gasteiger partial charge in [-0.15, -0.1) is 0 Å². The van der Waals surface area contributed by atoms with Crippen molar-refractivity contribution in [3.63, 3.8) is 0 Å². The molecule has 0 aliphatic rings. The Morgan fingerprint density at radius 2 is 0.939 bits per heavy atom. The lowest BCUT2D eigenvalue weighted by molar-refractivity contribution is -0.868. The molecule has 0 aliphatic heterocycles. The molecule has 2 atom stereocenters. The molecular weight excluding hydrogens is 633 g/mol. The first-order chi connectivity index (χ1) is 23.5. The summed E-state index contributed by atoms with van der Waals surface area (Å²) in [5, 5.41) is 5.85. The maximum Gasteiger partial charge on any atom is 0.220 e. The fourth-order valence-electron chi connectivity index (χ4n) is 6.07. The maximum atomic E-state index is 12.8. The third-order valence-corrected chi connectivity index (χ3v) is 10.7. The van der Waals surface area contributed by atoms with E-state index in [-0.39, 0.29) is 31.1 Å². The van der Waals surface area contributed by atoms with Crippen molar-refractivity contribution in [1.82, 2.24) is 10.6 Å². The first-order valence-electron chi connectivity index (χ1n) is 20.8. The minimum Gasteiger partial charge on any atom is -0.778 e. The number of carbonyl (C=O) groups excluding carboxylic acids is 2. The van der Waals surface area contributed by atoms with E-state index in [4.69, 9.17) is 4.52 Å². The molecule has 8 nitrogen and oxygen atoms in total. The smallest absolute Gasteiger partial charge is 0.220 e. The fourth-order valence-corrected chi connectivity index (χ4v) is 7.46. The zero-order valence-electron chi connectivity index (χ0n) is 33.1. The fraction of sp³-hybridized carbons (Fsp3) is 0.950. The van der Waals surface area contributed by atoms with E-state index in [0.717, 1.165) is 38.5 Å². The largest absolute Gasteiger partial charge is 0.778 e. The predicted octanol–water partition coefficient (Wildman–Crippen LogP) is 9.83. The van der Waals surface area contributed by atoms with Crippen molar-refractivity contribution in [2.24, 2.45) is 0 Å². The number of carbonyl (C=O) groups is 2. The van der Waals surface area contributed by atoms with Crippen LogP contribution in [0.2, 0.25) is 0 Å². The van der Waals surface area contributed by atoms with E-state index in [0.29, 0.717) is 23.9 Å². The first-order valence-corrected chi connectivity index (χ1v) is 22.5. The molecule has 0 spiro atoms. The third-order valence-electron chi connectivity index (χ3n) is 9.44. The highest BCUT2D eigenvalue weighted by Gasteiger charge is 2.20. The van der Waals surface area contributed by atoms with Crippen LogP contribution < -0.4 is 15.5 Å². The van der Waals surface area contributed by atoms with Gasteiger partial charge in [-0.3, -0.25) is 9.59 Å². The van der Waals surface area contributed by atoms with Gasteiger partial charge in [0.05, 0.1) is 46.5 Å². The van der Waals surface area contributed by atoms with Gasteiger partial charge in [-0.2, -0.15) is 0 Å². The van der Waals surface area contributed by atoms with Gasteiger partial charge in [-0.1, -0.05) is 168 Å². The van der Waals surface area contributed by atoms with Gasteiger partial charge >= 0.3 is 0 Å². The highest BCUT2D eigenvalue weighted by Crippen LogP contribution is 2.36. The molecule has 0 aromatic carbocycles. The Morgan fingerprint density at radius 3 is 1.31 bits per heavy atom. The van der Waals surface area contributed by atoms with Crippen molar-refractivity contribution in [2.45, 2.75) is 200 Å². The van der Waals surface area contributed by atoms with Gasteiger partial charge in [-0.05, 0) is 12.8 Å². The van der Waals surface area contributed by atoms with Crippen molar-refractivity contribution in [3.8, 4) is 0 Å². The third kappa shape index (κ3) is 36.6. The van der Waals surface area contributed by atoms with Gasteiger partial charge in [0.15, 0.2) is 0 Å². The number of rotatable bonds is 37. The molecule has 0 aromatic rings. The molecule has 1 unspecified atom stereocenters. The number of unbranched alkanes of at least 4 members (excludes halogenated alkanes) is 24. The molecule has 9 heteroatoms. The Labute approximate surface area is 304 Å². The lowest BCUT2D eigenvalue weighted by Crippen LogP contribution is -2.46. The molecule has 0 saturated carbocycles. The summed E-state index contributed by atoms with van der Waals surface area (Å²) in [6.45, 7) is 4.95. The van der Waals surface area contributed by atoms with E-state index in [9.17, 15) is 19.0 Å². The average molecular weight is 716 g/mol. The van der Waals surface area contributed by atoms with Crippen LogP contribution in [0.5, 0.6) is 0 Å². The van der Waals surface area contributed by atoms with E-state index in [2.05, 4.69) is 24.5 Å². The summed E-state index contributed by atoms with van der Waals surface area (Å²) in [5.41, 5.74) is 0. The monoisotopic (exact) mass is 716 g/mol. The first kappa shape index (κ1) is 48.0. The number of hydrogen-bond donors (Lipinski definition) is 2. The number of nitrogens with zero attached hydrogens (tertiary/aromatic N) is 1. The maximum absolute atomic E-state index is 12.8. The van der Waals surface area contributed by atoms with Crippen LogP contribution in [0.25, 0.3) is 0 Å². The average Bonchev–Trinajstić information content (AvgIpc) is 3.05. The number of amides is 2. The number of nitrogens with one attached hydrogen (secondary N) is 2. The molecule has 2 N–H and O–H groups in total. The minimum absolute atomic E-state index is 0.0610. The van der Waals surface area contributed by atoms with Gasteiger partial charge < -0.3 is 29.1 Å². The molecule has 0 aromatic heterocycles. The zero-order valence-corrected chi connectivity index (χ0v) is 34.0. The van der Waals surface area contributed by atoms with Crippen molar-refractivity contribution in [1.29, 1.82) is 0 Å². The van der Waals surface area contributed by atoms with E-state index in [1.807, 2.05) is 21.1 Å². The molecule has 49 heavy (non-hydrogen) atoms. The van der Waals surface area contributed by atoms with Gasteiger partial charge in [0.25, 0.3) is 0 Å². The second-order valence-corrected chi connectivity index (χ2v) is 17.6. The highest BCUT2D eigenvalue weighted by molar-refractivity contribution is 7.51. The lowest BCUT2D eigenvalue weighted by atomic mass is 10.0. The Balaban J connectivity index is 4.33. The van der Waals surface area contributed by atoms with Crippen LogP contribution in [0.15, 0.2) is 0 Å². The van der Waals surface area contributed by atoms with Gasteiger partial charge in [0.1, 0.15) is 7.60 Å². The molecule has 0 rings (SSSR count). The predicted molar refractivity (Wildman–Crippen MR) is 207 cm³/mol. The van der Waals surface area contributed by atoms with Gasteiger partial charge in [0, 0.05) is 19.4 Å². The van der Waals surface area contributed by atoms with Gasteiger partial charge in [-0.25, -0.2) is 0 Å². The van der Waals surface area contributed by atoms with Crippen LogP contribution in [0, 0.1) is 0 Å². The van der Waals surface area contributed by atoms with E-state index < -0.39 is 13.6 Å². The second-order valence-electron chi connectivity index (χ2n) is 15.7. The molecule has 0 aliphatic carbocycles. The van der Waals surface area contributed by atoms with Crippen molar-refractivity contribution in [3.05, 3.63) is 0 Å². The van der Waals surface area contributed by atoms with Crippen molar-refractivity contribution in [2.75, 3.05) is 47.0 Å². The van der Waals surface area contributed by atoms with E-state index >= 15 is 0 Å². The Morgan fingerprint density at radius 1 is 0.592 bits per heavy atom. The van der Waals surface area contributed by atoms with Crippen LogP contribution in [-0.4, -0.2) is 69.3 Å². The SMILES string of the molecule is CCCCCCCCCCCCCCCC(=O)NC[C@H](COP(=O)([O-])CC[N+](C)(C)C)NC(=O)CCCCCCCCCCCCCCC. The number of hydrogen-bond acceptors (Lipinski definition) is 5. The Bertz CT molecular complexity index is 820. The Kier molecular flexibility index (Phi) is 32.3. The molecule has 0 fully saturated rings. The van der Waals surface area contributed by atoms with Crippen LogP contribution in [0.1, 0.15) is 194 Å². The quantitative estimate of drug-likeness (QED) is 0.0378. The van der Waals surface area contributed by atoms with Crippen molar-refractivity contribution < 1.29 is 28.1 Å². The molecule has 292 valence electrons. The van der Waals surface area contributed by atoms with Crippen LogP contribution >= 0.6 is 7.60 Å². The molecule has 0 saturated heterocycles. The summed E-state index contributed by atoms with van der Waals surface area (Å²) in [5.74, 6) is -0.177. The van der Waals surface area contributed by atoms with Gasteiger partial charge in [0.2, 0.25) is 11.8 Å². The van der Waals surface area contributed by atoms with E-state index in [1.54, 1.807) is 0 Å². The zero-order chi connectivity index (χ0) is 36.5. The summed E-state index contributed by atoms with van der Waals surface area (Å²) in [4.78, 5) is 37.9. The molecular formula is C40H82N3O5P. The number of quaternary nitrogens is 1. The lowest BCUT2D eigenvalue weighted by Gasteiger charge is -2.30. The minimum atomic E-state index is -4.06. The standard InChI is InChI=1S/C40H82N3O5P/c1-6-8-10-12-14-16-18-20-22-24-26-28-30-32-39(44)41-36-38(37-48-49(46,47)35-34-43(3,4)5)42-40(45)33-31-29-27-25-23-21-19-17-15-13-11-9-7-2/h38H,6-37H2,1-5H3,(H2-,41,42,44,45,46,47)/t38-/m1/s1. The second kappa shape index (κ2) is 32.9. The van der Waals surface area contributed by atoms with Crippen molar-refractivity contribution >= 4 is 19.4 Å². The summed E-state index contributed by atoms with van der Waals surface area (Å²) in [6.07, 6.45) is 33.4. The van der Waals surface area contributed by atoms with Crippen LogP contribution in [-0.2, 0) is 18.7 Å². The van der Waals surface area contributed by atoms with E-state index in [1.165, 1.54) is 128 Å². The molecule has 0 bridgehead atoms. The molecule has 0 radical (unpaired) electrons. The Hall–Kier alpha value is -0.950. The summed E-state index contributed by atoms with van der Waals surface area (Å²) in [6, 6.07) is -0.587. The van der Waals surface area contributed by atoms with Crippen LogP contribution in [0.3, 0.4) is 0 Å².